The van der Waals surface area contributed by atoms with Crippen LogP contribution in [0.3, 0.4) is 0 Å². The van der Waals surface area contributed by atoms with E-state index in [-0.39, 0.29) is 11.8 Å². The molecule has 102 valence electrons. The molecule has 2 amide bonds. The molecule has 0 saturated carbocycles. The van der Waals surface area contributed by atoms with Gasteiger partial charge in [0, 0.05) is 39.3 Å². The molecule has 0 unspecified atom stereocenters. The number of likely N-dealkylation sites (N-methyl/N-ethyl adjacent to an activating group) is 1. The lowest BCUT2D eigenvalue weighted by molar-refractivity contribution is -0.152. The first-order chi connectivity index (χ1) is 8.68. The molecule has 0 spiro atoms. The minimum atomic E-state index is -0.301. The Balaban J connectivity index is 1.89. The Labute approximate surface area is 109 Å². The average molecular weight is 253 g/mol. The quantitative estimate of drug-likeness (QED) is 0.578. The van der Waals surface area contributed by atoms with E-state index in [4.69, 9.17) is 0 Å². The molecule has 2 fully saturated rings. The summed E-state index contributed by atoms with van der Waals surface area (Å²) in [6.45, 7) is 4.57. The van der Waals surface area contributed by atoms with E-state index < -0.39 is 0 Å². The molecule has 0 aromatic carbocycles. The van der Waals surface area contributed by atoms with Crippen molar-refractivity contribution in [1.29, 1.82) is 0 Å². The molecular weight excluding hydrogens is 230 g/mol. The van der Waals surface area contributed by atoms with Crippen LogP contribution in [0.2, 0.25) is 0 Å². The van der Waals surface area contributed by atoms with E-state index in [0.29, 0.717) is 13.1 Å². The first kappa shape index (κ1) is 13.3. The normalized spacial score (nSPS) is 22.7. The van der Waals surface area contributed by atoms with Gasteiger partial charge in [-0.05, 0) is 19.9 Å². The highest BCUT2D eigenvalue weighted by Gasteiger charge is 2.28. The topological polar surface area (TPSA) is 43.9 Å². The van der Waals surface area contributed by atoms with E-state index in [1.165, 1.54) is 12.8 Å². The molecule has 2 saturated heterocycles. The monoisotopic (exact) mass is 253 g/mol. The number of likely N-dealkylation sites (tertiary alicyclic amines) is 1. The minimum Gasteiger partial charge on any atom is -0.334 e. The Morgan fingerprint density at radius 3 is 1.61 bits per heavy atom. The second-order valence-electron chi connectivity index (χ2n) is 5.30. The predicted octanol–water partition coefficient (Wildman–Crippen LogP) is 0.163. The van der Waals surface area contributed by atoms with Crippen molar-refractivity contribution in [3.05, 3.63) is 0 Å². The highest BCUT2D eigenvalue weighted by Crippen LogP contribution is 2.11. The lowest BCUT2D eigenvalue weighted by Gasteiger charge is -2.33. The fourth-order valence-electron chi connectivity index (χ4n) is 2.55. The van der Waals surface area contributed by atoms with E-state index in [1.54, 1.807) is 9.80 Å². The Kier molecular flexibility index (Phi) is 4.58. The highest BCUT2D eigenvalue weighted by molar-refractivity contribution is 6.34. The van der Waals surface area contributed by atoms with Gasteiger partial charge in [-0.3, -0.25) is 9.59 Å². The maximum Gasteiger partial charge on any atom is 0.312 e. The van der Waals surface area contributed by atoms with Crippen LogP contribution in [0.15, 0.2) is 0 Å². The molecule has 2 heterocycles. The number of rotatable bonds is 0. The molecule has 0 aliphatic carbocycles. The van der Waals surface area contributed by atoms with Crippen molar-refractivity contribution in [2.24, 2.45) is 0 Å². The molecular formula is C13H23N3O2. The van der Waals surface area contributed by atoms with Crippen LogP contribution < -0.4 is 0 Å². The van der Waals surface area contributed by atoms with Crippen LogP contribution in [0.25, 0.3) is 0 Å². The van der Waals surface area contributed by atoms with Crippen LogP contribution in [-0.2, 0) is 9.59 Å². The maximum atomic E-state index is 12.2. The van der Waals surface area contributed by atoms with E-state index >= 15 is 0 Å². The van der Waals surface area contributed by atoms with Crippen LogP contribution in [0, 0.1) is 0 Å². The molecule has 0 N–H and O–H groups in total. The van der Waals surface area contributed by atoms with Crippen LogP contribution in [-0.4, -0.2) is 72.8 Å². The van der Waals surface area contributed by atoms with Crippen molar-refractivity contribution in [3.8, 4) is 0 Å². The zero-order valence-corrected chi connectivity index (χ0v) is 11.2. The van der Waals surface area contributed by atoms with Gasteiger partial charge < -0.3 is 14.7 Å². The lowest BCUT2D eigenvalue weighted by Crippen LogP contribution is -2.52. The van der Waals surface area contributed by atoms with Crippen molar-refractivity contribution in [2.75, 3.05) is 46.3 Å². The molecule has 0 aromatic rings. The molecule has 5 heteroatoms. The highest BCUT2D eigenvalue weighted by atomic mass is 16.2. The van der Waals surface area contributed by atoms with E-state index in [0.717, 1.165) is 39.0 Å². The Morgan fingerprint density at radius 2 is 1.11 bits per heavy atom. The van der Waals surface area contributed by atoms with Crippen LogP contribution in [0.1, 0.15) is 25.7 Å². The van der Waals surface area contributed by atoms with Gasteiger partial charge in [-0.15, -0.1) is 0 Å². The Bertz CT molecular complexity index is 303. The summed E-state index contributed by atoms with van der Waals surface area (Å²) >= 11 is 0. The number of nitrogens with zero attached hydrogens (tertiary/aromatic N) is 3. The van der Waals surface area contributed by atoms with Crippen molar-refractivity contribution in [1.82, 2.24) is 14.7 Å². The molecule has 2 rings (SSSR count). The standard InChI is InChI=1S/C13H23N3O2/c1-14-8-10-16(11-9-14)13(18)12(17)15-6-4-2-3-5-7-15/h2-11H2,1H3. The summed E-state index contributed by atoms with van der Waals surface area (Å²) in [6, 6.07) is 0. The third-order valence-electron chi connectivity index (χ3n) is 3.87. The molecule has 5 nitrogen and oxygen atoms in total. The van der Waals surface area contributed by atoms with Gasteiger partial charge in [0.1, 0.15) is 0 Å². The Hall–Kier alpha value is -1.10. The summed E-state index contributed by atoms with van der Waals surface area (Å²) in [4.78, 5) is 29.9. The first-order valence-electron chi connectivity index (χ1n) is 6.95. The smallest absolute Gasteiger partial charge is 0.312 e. The molecule has 0 radical (unpaired) electrons. The van der Waals surface area contributed by atoms with Crippen LogP contribution >= 0.6 is 0 Å². The van der Waals surface area contributed by atoms with E-state index in [1.807, 2.05) is 7.05 Å². The first-order valence-corrected chi connectivity index (χ1v) is 6.95. The molecule has 2 aliphatic heterocycles. The van der Waals surface area contributed by atoms with Gasteiger partial charge in [-0.1, -0.05) is 12.8 Å². The van der Waals surface area contributed by atoms with Crippen molar-refractivity contribution in [2.45, 2.75) is 25.7 Å². The van der Waals surface area contributed by atoms with Crippen molar-refractivity contribution in [3.63, 3.8) is 0 Å². The number of amides is 2. The van der Waals surface area contributed by atoms with Gasteiger partial charge in [-0.25, -0.2) is 0 Å². The van der Waals surface area contributed by atoms with E-state index in [9.17, 15) is 9.59 Å². The van der Waals surface area contributed by atoms with Gasteiger partial charge in [0.05, 0.1) is 0 Å². The summed E-state index contributed by atoms with van der Waals surface area (Å²) in [5, 5.41) is 0. The third-order valence-corrected chi connectivity index (χ3v) is 3.87. The zero-order chi connectivity index (χ0) is 13.0. The third kappa shape index (κ3) is 3.22. The molecule has 0 atom stereocenters. The minimum absolute atomic E-state index is 0.290. The summed E-state index contributed by atoms with van der Waals surface area (Å²) < 4.78 is 0. The molecule has 0 bridgehead atoms. The lowest BCUT2D eigenvalue weighted by atomic mass is 10.2. The second-order valence-corrected chi connectivity index (χ2v) is 5.30. The second kappa shape index (κ2) is 6.18. The maximum absolute atomic E-state index is 12.2. The molecule has 0 aromatic heterocycles. The summed E-state index contributed by atoms with van der Waals surface area (Å²) in [7, 11) is 2.04. The van der Waals surface area contributed by atoms with Gasteiger partial charge in [0.15, 0.2) is 0 Å². The predicted molar refractivity (Wildman–Crippen MR) is 69.1 cm³/mol. The van der Waals surface area contributed by atoms with Gasteiger partial charge in [0.2, 0.25) is 0 Å². The van der Waals surface area contributed by atoms with Crippen LogP contribution in [0.4, 0.5) is 0 Å². The number of hydrogen-bond donors (Lipinski definition) is 0. The number of hydrogen-bond acceptors (Lipinski definition) is 3. The average Bonchev–Trinajstić information content (AvgIpc) is 2.67. The van der Waals surface area contributed by atoms with Gasteiger partial charge in [-0.2, -0.15) is 0 Å². The number of piperazine rings is 1. The fourth-order valence-corrected chi connectivity index (χ4v) is 2.55. The number of carbonyl (C=O) groups excluding carboxylic acids is 2. The van der Waals surface area contributed by atoms with Gasteiger partial charge >= 0.3 is 11.8 Å². The summed E-state index contributed by atoms with van der Waals surface area (Å²) in [5.41, 5.74) is 0. The van der Waals surface area contributed by atoms with E-state index in [2.05, 4.69) is 4.90 Å². The molecule has 18 heavy (non-hydrogen) atoms. The molecule has 2 aliphatic rings. The summed E-state index contributed by atoms with van der Waals surface area (Å²) in [6.07, 6.45) is 4.41. The van der Waals surface area contributed by atoms with Crippen molar-refractivity contribution >= 4 is 11.8 Å². The zero-order valence-electron chi connectivity index (χ0n) is 11.2. The van der Waals surface area contributed by atoms with Crippen molar-refractivity contribution < 1.29 is 9.59 Å². The number of carbonyl (C=O) groups is 2. The largest absolute Gasteiger partial charge is 0.334 e. The SMILES string of the molecule is CN1CCN(C(=O)C(=O)N2CCCCCC2)CC1. The van der Waals surface area contributed by atoms with Crippen LogP contribution in [0.5, 0.6) is 0 Å². The Morgan fingerprint density at radius 1 is 0.667 bits per heavy atom. The fraction of sp³-hybridized carbons (Fsp3) is 0.846. The summed E-state index contributed by atoms with van der Waals surface area (Å²) in [5.74, 6) is -0.591. The van der Waals surface area contributed by atoms with Gasteiger partial charge in [0.25, 0.3) is 0 Å².